The molecule has 1 unspecified atom stereocenters. The number of aryl methyl sites for hydroxylation is 1. The smallest absolute Gasteiger partial charge is 0.263 e. The van der Waals surface area contributed by atoms with Crippen LogP contribution in [-0.4, -0.2) is 35.2 Å². The van der Waals surface area contributed by atoms with E-state index in [1.807, 2.05) is 18.2 Å². The number of ether oxygens (including phenoxy) is 1. The van der Waals surface area contributed by atoms with Gasteiger partial charge in [-0.15, -0.1) is 0 Å². The van der Waals surface area contributed by atoms with E-state index in [2.05, 4.69) is 34.4 Å². The number of para-hydroxylation sites is 1. The molecular weight excluding hydrogens is 368 g/mol. The third kappa shape index (κ3) is 4.34. The lowest BCUT2D eigenvalue weighted by molar-refractivity contribution is -0.118. The normalized spacial score (nSPS) is 16.8. The summed E-state index contributed by atoms with van der Waals surface area (Å²) in [6.07, 6.45) is 4.78. The molecule has 1 aliphatic heterocycles. The first-order valence-electron chi connectivity index (χ1n) is 10.2. The number of aromatic nitrogens is 2. The molecule has 0 saturated carbocycles. The molecule has 0 bridgehead atoms. The lowest BCUT2D eigenvalue weighted by atomic mass is 10.00. The fraction of sp³-hybridized carbons (Fsp3) is 0.409. The molecule has 1 saturated heterocycles. The first-order valence-corrected chi connectivity index (χ1v) is 10.2. The molecule has 1 atom stereocenters. The number of benzene rings is 1. The van der Waals surface area contributed by atoms with Crippen LogP contribution in [0.4, 0.5) is 11.6 Å². The number of anilines is 2. The second-order valence-corrected chi connectivity index (χ2v) is 7.41. The Hall–Kier alpha value is -3.09. The van der Waals surface area contributed by atoms with Crippen LogP contribution in [0, 0.1) is 6.92 Å². The standard InChI is InChI=1S/C22H26N4O3/c1-3-17-8-4-5-12-26(17)20-11-10-16-7-6-9-18(22(16)24-20)28-14-21(27)23-19-13-15(2)29-25-19/h6-7,9-11,13,17H,3-5,8,12,14H2,1-2H3,(H,23,25,27). The minimum Gasteiger partial charge on any atom is -0.481 e. The molecule has 0 spiro atoms. The van der Waals surface area contributed by atoms with Gasteiger partial charge in [-0.25, -0.2) is 4.98 Å². The predicted octanol–water partition coefficient (Wildman–Crippen LogP) is 4.32. The van der Waals surface area contributed by atoms with Crippen LogP contribution in [0.3, 0.4) is 0 Å². The lowest BCUT2D eigenvalue weighted by Gasteiger charge is -2.36. The Labute approximate surface area is 170 Å². The summed E-state index contributed by atoms with van der Waals surface area (Å²) in [6.45, 7) is 4.90. The summed E-state index contributed by atoms with van der Waals surface area (Å²) in [5, 5.41) is 7.41. The molecule has 2 aromatic heterocycles. The van der Waals surface area contributed by atoms with Crippen LogP contribution in [0.2, 0.25) is 0 Å². The Bertz CT molecular complexity index is 1000. The number of hydrogen-bond donors (Lipinski definition) is 1. The first-order chi connectivity index (χ1) is 14.1. The fourth-order valence-corrected chi connectivity index (χ4v) is 3.86. The minimum atomic E-state index is -0.298. The van der Waals surface area contributed by atoms with Crippen LogP contribution < -0.4 is 15.0 Å². The summed E-state index contributed by atoms with van der Waals surface area (Å²) < 4.78 is 10.8. The van der Waals surface area contributed by atoms with Gasteiger partial charge in [0.15, 0.2) is 12.4 Å². The molecule has 29 heavy (non-hydrogen) atoms. The monoisotopic (exact) mass is 394 g/mol. The number of pyridine rings is 1. The van der Waals surface area contributed by atoms with E-state index >= 15 is 0 Å². The van der Waals surface area contributed by atoms with Crippen LogP contribution >= 0.6 is 0 Å². The van der Waals surface area contributed by atoms with Crippen LogP contribution in [0.25, 0.3) is 10.9 Å². The highest BCUT2D eigenvalue weighted by molar-refractivity contribution is 5.91. The van der Waals surface area contributed by atoms with Gasteiger partial charge in [0.25, 0.3) is 5.91 Å². The number of nitrogens with zero attached hydrogens (tertiary/aromatic N) is 3. The number of hydrogen-bond acceptors (Lipinski definition) is 6. The highest BCUT2D eigenvalue weighted by Crippen LogP contribution is 2.30. The van der Waals surface area contributed by atoms with Crippen molar-refractivity contribution >= 4 is 28.4 Å². The number of amides is 1. The van der Waals surface area contributed by atoms with Gasteiger partial charge in [-0.2, -0.15) is 0 Å². The molecule has 0 radical (unpaired) electrons. The Kier molecular flexibility index (Phi) is 5.64. The zero-order valence-corrected chi connectivity index (χ0v) is 16.9. The molecule has 1 amide bonds. The van der Waals surface area contributed by atoms with Crippen molar-refractivity contribution in [2.24, 2.45) is 0 Å². The summed E-state index contributed by atoms with van der Waals surface area (Å²) in [6, 6.07) is 12.1. The molecule has 3 aromatic rings. The van der Waals surface area contributed by atoms with Crippen molar-refractivity contribution in [1.82, 2.24) is 10.1 Å². The summed E-state index contributed by atoms with van der Waals surface area (Å²) in [5.41, 5.74) is 0.774. The van der Waals surface area contributed by atoms with Gasteiger partial charge in [0.2, 0.25) is 0 Å². The quantitative estimate of drug-likeness (QED) is 0.671. The van der Waals surface area contributed by atoms with E-state index in [1.54, 1.807) is 13.0 Å². The van der Waals surface area contributed by atoms with Gasteiger partial charge >= 0.3 is 0 Å². The number of piperidine rings is 1. The summed E-state index contributed by atoms with van der Waals surface area (Å²) in [4.78, 5) is 19.5. The van der Waals surface area contributed by atoms with Crippen molar-refractivity contribution in [3.05, 3.63) is 42.2 Å². The van der Waals surface area contributed by atoms with E-state index < -0.39 is 0 Å². The Balaban J connectivity index is 1.52. The van der Waals surface area contributed by atoms with Gasteiger partial charge in [0.05, 0.1) is 0 Å². The molecule has 1 aromatic carbocycles. The lowest BCUT2D eigenvalue weighted by Crippen LogP contribution is -2.39. The molecule has 1 fully saturated rings. The highest BCUT2D eigenvalue weighted by Gasteiger charge is 2.22. The van der Waals surface area contributed by atoms with Crippen molar-refractivity contribution in [1.29, 1.82) is 0 Å². The third-order valence-corrected chi connectivity index (χ3v) is 5.32. The fourth-order valence-electron chi connectivity index (χ4n) is 3.86. The van der Waals surface area contributed by atoms with Crippen molar-refractivity contribution in [2.45, 2.75) is 45.6 Å². The molecule has 3 heterocycles. The van der Waals surface area contributed by atoms with Gasteiger partial charge in [-0.3, -0.25) is 4.79 Å². The van der Waals surface area contributed by atoms with Crippen molar-refractivity contribution in [3.63, 3.8) is 0 Å². The molecule has 0 aliphatic carbocycles. The average molecular weight is 394 g/mol. The second kappa shape index (κ2) is 8.51. The van der Waals surface area contributed by atoms with E-state index in [0.717, 1.165) is 29.7 Å². The van der Waals surface area contributed by atoms with Gasteiger partial charge in [0.1, 0.15) is 22.8 Å². The predicted molar refractivity (Wildman–Crippen MR) is 112 cm³/mol. The Morgan fingerprint density at radius 3 is 3.00 bits per heavy atom. The Morgan fingerprint density at radius 1 is 1.31 bits per heavy atom. The number of nitrogens with one attached hydrogen (secondary N) is 1. The SMILES string of the molecule is CCC1CCCCN1c1ccc2cccc(OCC(=O)Nc3cc(C)on3)c2n1. The summed E-state index contributed by atoms with van der Waals surface area (Å²) in [5.74, 6) is 2.29. The van der Waals surface area contributed by atoms with Gasteiger partial charge in [-0.1, -0.05) is 24.2 Å². The summed E-state index contributed by atoms with van der Waals surface area (Å²) in [7, 11) is 0. The van der Waals surface area contributed by atoms with E-state index in [0.29, 0.717) is 23.4 Å². The molecule has 7 heteroatoms. The summed E-state index contributed by atoms with van der Waals surface area (Å²) >= 11 is 0. The van der Waals surface area contributed by atoms with E-state index in [9.17, 15) is 4.79 Å². The number of fused-ring (bicyclic) bond motifs is 1. The first kappa shape index (κ1) is 19.2. The zero-order valence-electron chi connectivity index (χ0n) is 16.9. The van der Waals surface area contributed by atoms with Crippen molar-refractivity contribution in [2.75, 3.05) is 23.4 Å². The van der Waals surface area contributed by atoms with Crippen molar-refractivity contribution in [3.8, 4) is 5.75 Å². The minimum absolute atomic E-state index is 0.127. The molecular formula is C22H26N4O3. The molecule has 152 valence electrons. The van der Waals surface area contributed by atoms with Crippen LogP contribution in [0.15, 0.2) is 40.9 Å². The Morgan fingerprint density at radius 2 is 2.21 bits per heavy atom. The third-order valence-electron chi connectivity index (χ3n) is 5.32. The number of carbonyl (C=O) groups is 1. The second-order valence-electron chi connectivity index (χ2n) is 7.41. The largest absolute Gasteiger partial charge is 0.481 e. The molecule has 7 nitrogen and oxygen atoms in total. The van der Waals surface area contributed by atoms with Crippen LogP contribution in [0.5, 0.6) is 5.75 Å². The zero-order chi connectivity index (χ0) is 20.2. The van der Waals surface area contributed by atoms with E-state index in [-0.39, 0.29) is 12.5 Å². The van der Waals surface area contributed by atoms with Crippen LogP contribution in [0.1, 0.15) is 38.4 Å². The van der Waals surface area contributed by atoms with Gasteiger partial charge in [0, 0.05) is 24.0 Å². The molecule has 4 rings (SSSR count). The average Bonchev–Trinajstić information content (AvgIpc) is 3.16. The molecule has 1 N–H and O–H groups in total. The van der Waals surface area contributed by atoms with Gasteiger partial charge < -0.3 is 19.5 Å². The molecule has 1 aliphatic rings. The van der Waals surface area contributed by atoms with Gasteiger partial charge in [-0.05, 0) is 50.8 Å². The number of carbonyl (C=O) groups excluding carboxylic acids is 1. The topological polar surface area (TPSA) is 80.5 Å². The highest BCUT2D eigenvalue weighted by atomic mass is 16.5. The maximum Gasteiger partial charge on any atom is 0.263 e. The number of rotatable bonds is 6. The van der Waals surface area contributed by atoms with E-state index in [4.69, 9.17) is 14.2 Å². The maximum atomic E-state index is 12.2. The van der Waals surface area contributed by atoms with Crippen molar-refractivity contribution < 1.29 is 14.1 Å². The van der Waals surface area contributed by atoms with Crippen LogP contribution in [-0.2, 0) is 4.79 Å². The van der Waals surface area contributed by atoms with E-state index in [1.165, 1.54) is 19.3 Å². The maximum absolute atomic E-state index is 12.2.